The van der Waals surface area contributed by atoms with E-state index in [1.54, 1.807) is 13.8 Å². The molecular weight excluding hydrogens is 434 g/mol. The summed E-state index contributed by atoms with van der Waals surface area (Å²) in [6.45, 7) is 7.64. The Morgan fingerprint density at radius 2 is 2.06 bits per heavy atom. The van der Waals surface area contributed by atoms with Crippen molar-refractivity contribution in [3.63, 3.8) is 0 Å². The highest BCUT2D eigenvalue weighted by molar-refractivity contribution is 7.17. The van der Waals surface area contributed by atoms with Gasteiger partial charge in [0.1, 0.15) is 11.5 Å². The molecule has 2 N–H and O–H groups in total. The highest BCUT2D eigenvalue weighted by atomic mass is 32.1. The van der Waals surface area contributed by atoms with Crippen molar-refractivity contribution in [2.24, 2.45) is 0 Å². The van der Waals surface area contributed by atoms with Gasteiger partial charge in [-0.25, -0.2) is 4.98 Å². The van der Waals surface area contributed by atoms with E-state index >= 15 is 0 Å². The zero-order valence-corrected chi connectivity index (χ0v) is 18.6. The minimum absolute atomic E-state index is 0.0366. The van der Waals surface area contributed by atoms with E-state index in [1.165, 1.54) is 12.1 Å². The number of amides is 1. The second-order valence-electron chi connectivity index (χ2n) is 7.50. The molecule has 1 fully saturated rings. The lowest BCUT2D eigenvalue weighted by Crippen LogP contribution is -2.41. The first kappa shape index (κ1) is 22.1. The van der Waals surface area contributed by atoms with Crippen LogP contribution in [0, 0.1) is 13.8 Å². The predicted molar refractivity (Wildman–Crippen MR) is 120 cm³/mol. The Kier molecular flexibility index (Phi) is 6.35. The average molecular weight is 458 g/mol. The van der Waals surface area contributed by atoms with Crippen LogP contribution in [-0.4, -0.2) is 66.6 Å². The number of fused-ring (bicyclic) bond motifs is 1. The van der Waals surface area contributed by atoms with E-state index in [9.17, 15) is 19.5 Å². The minimum atomic E-state index is -0.349. The molecule has 0 atom stereocenters. The van der Waals surface area contributed by atoms with Crippen molar-refractivity contribution in [2.45, 2.75) is 13.8 Å². The molecule has 1 aromatic carbocycles. The number of carbonyl (C=O) groups is 2. The number of morpholine rings is 1. The van der Waals surface area contributed by atoms with Gasteiger partial charge in [0.25, 0.3) is 5.91 Å². The van der Waals surface area contributed by atoms with Gasteiger partial charge in [-0.1, -0.05) is 0 Å². The van der Waals surface area contributed by atoms with Gasteiger partial charge in [0.05, 0.1) is 40.3 Å². The number of carbonyl (C=O) groups excluding carboxylic acids is 2. The molecule has 1 aliphatic heterocycles. The maximum absolute atomic E-state index is 13.2. The first-order valence-electron chi connectivity index (χ1n) is 10.2. The largest absolute Gasteiger partial charge is 0.507 e. The lowest BCUT2D eigenvalue weighted by molar-refractivity contribution is 0.0383. The number of aryl methyl sites for hydroxylation is 2. The normalized spacial score (nSPS) is 14.6. The van der Waals surface area contributed by atoms with Crippen LogP contribution < -0.4 is 10.7 Å². The molecule has 0 saturated carbocycles. The summed E-state index contributed by atoms with van der Waals surface area (Å²) in [6.07, 6.45) is 0.455. The number of thiazole rings is 1. The van der Waals surface area contributed by atoms with Crippen LogP contribution in [0.15, 0.2) is 21.3 Å². The number of nitrogens with zero attached hydrogens (tertiary/aromatic N) is 2. The van der Waals surface area contributed by atoms with Crippen molar-refractivity contribution in [3.05, 3.63) is 44.4 Å². The zero-order valence-electron chi connectivity index (χ0n) is 17.8. The maximum Gasteiger partial charge on any atom is 0.280 e. The van der Waals surface area contributed by atoms with Crippen LogP contribution in [0.1, 0.15) is 31.6 Å². The van der Waals surface area contributed by atoms with Crippen LogP contribution in [0.3, 0.4) is 0 Å². The quantitative estimate of drug-likeness (QED) is 0.540. The molecule has 0 unspecified atom stereocenters. The van der Waals surface area contributed by atoms with Gasteiger partial charge in [0, 0.05) is 26.2 Å². The molecule has 168 valence electrons. The van der Waals surface area contributed by atoms with E-state index in [0.29, 0.717) is 42.2 Å². The van der Waals surface area contributed by atoms with Gasteiger partial charge < -0.3 is 19.6 Å². The summed E-state index contributed by atoms with van der Waals surface area (Å²) < 4.78 is 11.1. The third-order valence-corrected chi connectivity index (χ3v) is 6.58. The lowest BCUT2D eigenvalue weighted by atomic mass is 10.1. The number of benzene rings is 1. The van der Waals surface area contributed by atoms with Gasteiger partial charge in [0.15, 0.2) is 16.9 Å². The summed E-state index contributed by atoms with van der Waals surface area (Å²) in [5, 5.41) is 13.2. The first-order chi connectivity index (χ1) is 15.4. The van der Waals surface area contributed by atoms with Crippen molar-refractivity contribution in [3.8, 4) is 16.2 Å². The number of ether oxygens (including phenoxy) is 1. The van der Waals surface area contributed by atoms with Gasteiger partial charge in [-0.2, -0.15) is 0 Å². The SMILES string of the molecule is Cc1nc(C(=O)NCCN2CCOCC2)sc1-c1c(C)oc2c(C=O)c(O)ccc2c1=O. The van der Waals surface area contributed by atoms with E-state index in [1.807, 2.05) is 0 Å². The summed E-state index contributed by atoms with van der Waals surface area (Å²) in [5.41, 5.74) is 0.447. The Morgan fingerprint density at radius 1 is 1.31 bits per heavy atom. The second-order valence-corrected chi connectivity index (χ2v) is 8.50. The highest BCUT2D eigenvalue weighted by Crippen LogP contribution is 2.33. The van der Waals surface area contributed by atoms with E-state index in [0.717, 1.165) is 31.0 Å². The number of rotatable bonds is 6. The van der Waals surface area contributed by atoms with Crippen LogP contribution in [0.2, 0.25) is 0 Å². The van der Waals surface area contributed by atoms with Crippen LogP contribution in [0.25, 0.3) is 21.4 Å². The minimum Gasteiger partial charge on any atom is -0.507 e. The molecule has 10 heteroatoms. The van der Waals surface area contributed by atoms with Crippen molar-refractivity contribution >= 4 is 34.5 Å². The number of nitrogens with one attached hydrogen (secondary N) is 1. The Labute approximate surface area is 187 Å². The Morgan fingerprint density at radius 3 is 2.78 bits per heavy atom. The molecule has 2 aromatic heterocycles. The summed E-state index contributed by atoms with van der Waals surface area (Å²) in [7, 11) is 0. The number of hydrogen-bond donors (Lipinski definition) is 2. The van der Waals surface area contributed by atoms with E-state index in [2.05, 4.69) is 15.2 Å². The van der Waals surface area contributed by atoms with Gasteiger partial charge in [0.2, 0.25) is 5.43 Å². The standard InChI is InChI=1S/C22H23N3O6S/c1-12-20(32-22(24-12)21(29)23-5-6-25-7-9-30-10-8-25)17-13(2)31-19-14(18(17)28)3-4-16(27)15(19)11-26/h3-4,11,27H,5-10H2,1-2H3,(H,23,29). The maximum atomic E-state index is 13.2. The molecule has 0 aliphatic carbocycles. The fourth-order valence-corrected chi connectivity index (χ4v) is 4.78. The highest BCUT2D eigenvalue weighted by Gasteiger charge is 2.23. The van der Waals surface area contributed by atoms with Crippen LogP contribution in [0.4, 0.5) is 0 Å². The number of aromatic nitrogens is 1. The molecule has 32 heavy (non-hydrogen) atoms. The van der Waals surface area contributed by atoms with E-state index in [-0.39, 0.29) is 44.4 Å². The number of phenols is 1. The van der Waals surface area contributed by atoms with Gasteiger partial charge >= 0.3 is 0 Å². The summed E-state index contributed by atoms with van der Waals surface area (Å²) in [5.74, 6) is -0.274. The van der Waals surface area contributed by atoms with Crippen molar-refractivity contribution in [1.29, 1.82) is 0 Å². The topological polar surface area (TPSA) is 122 Å². The Balaban J connectivity index is 1.61. The van der Waals surface area contributed by atoms with E-state index < -0.39 is 0 Å². The van der Waals surface area contributed by atoms with Gasteiger partial charge in [-0.3, -0.25) is 19.3 Å². The molecule has 1 aliphatic rings. The van der Waals surface area contributed by atoms with Crippen molar-refractivity contribution in [2.75, 3.05) is 39.4 Å². The number of phenolic OH excluding ortho intramolecular Hbond substituents is 1. The Bertz CT molecular complexity index is 1240. The molecule has 3 aromatic rings. The first-order valence-corrected chi connectivity index (χ1v) is 11.0. The molecule has 0 radical (unpaired) electrons. The van der Waals surface area contributed by atoms with E-state index in [4.69, 9.17) is 9.15 Å². The van der Waals surface area contributed by atoms with Crippen LogP contribution in [0.5, 0.6) is 5.75 Å². The summed E-state index contributed by atoms with van der Waals surface area (Å²) >= 11 is 1.12. The molecule has 1 amide bonds. The molecule has 1 saturated heterocycles. The fraction of sp³-hybridized carbons (Fsp3) is 0.364. The lowest BCUT2D eigenvalue weighted by Gasteiger charge is -2.26. The monoisotopic (exact) mass is 457 g/mol. The summed E-state index contributed by atoms with van der Waals surface area (Å²) in [4.78, 5) is 44.3. The van der Waals surface area contributed by atoms with Crippen LogP contribution >= 0.6 is 11.3 Å². The molecule has 3 heterocycles. The number of aromatic hydroxyl groups is 1. The third-order valence-electron chi connectivity index (χ3n) is 5.41. The molecule has 0 bridgehead atoms. The van der Waals surface area contributed by atoms with Crippen molar-refractivity contribution < 1.29 is 23.8 Å². The van der Waals surface area contributed by atoms with Crippen molar-refractivity contribution in [1.82, 2.24) is 15.2 Å². The van der Waals surface area contributed by atoms with Gasteiger partial charge in [-0.15, -0.1) is 11.3 Å². The fourth-order valence-electron chi connectivity index (χ4n) is 3.71. The second kappa shape index (κ2) is 9.19. The Hall–Kier alpha value is -3.08. The zero-order chi connectivity index (χ0) is 22.8. The molecule has 0 spiro atoms. The third kappa shape index (κ3) is 4.16. The number of aldehydes is 1. The average Bonchev–Trinajstić information content (AvgIpc) is 3.15. The molecule has 9 nitrogen and oxygen atoms in total. The molecular formula is C22H23N3O6S. The molecule has 4 rings (SSSR count). The summed E-state index contributed by atoms with van der Waals surface area (Å²) in [6, 6.07) is 2.71. The van der Waals surface area contributed by atoms with Crippen LogP contribution in [-0.2, 0) is 4.74 Å². The van der Waals surface area contributed by atoms with Gasteiger partial charge in [-0.05, 0) is 26.0 Å². The number of hydrogen-bond acceptors (Lipinski definition) is 9. The smallest absolute Gasteiger partial charge is 0.280 e. The predicted octanol–water partition coefficient (Wildman–Crippen LogP) is 2.11.